The van der Waals surface area contributed by atoms with Crippen LogP contribution in [0.1, 0.15) is 27.2 Å². The van der Waals surface area contributed by atoms with Gasteiger partial charge in [0, 0.05) is 13.1 Å². The first-order valence-electron chi connectivity index (χ1n) is 3.99. The molecular formula is C7H22N4. The predicted octanol–water partition coefficient (Wildman–Crippen LogP) is 0.0600. The van der Waals surface area contributed by atoms with Crippen LogP contribution < -0.4 is 17.1 Å². The fraction of sp³-hybridized carbons (Fsp3) is 1.00. The Labute approximate surface area is 69.9 Å². The molecule has 0 aliphatic heterocycles. The van der Waals surface area contributed by atoms with E-state index in [1.807, 2.05) is 12.1 Å². The highest BCUT2D eigenvalue weighted by atomic mass is 15.6. The van der Waals surface area contributed by atoms with Gasteiger partial charge in [-0.3, -0.25) is 5.84 Å². The number of hydrogen-bond donors (Lipinski definition) is 3. The van der Waals surface area contributed by atoms with Crippen LogP contribution in [-0.2, 0) is 0 Å². The monoisotopic (exact) mass is 162 g/mol. The average Bonchev–Trinajstić information content (AvgIpc) is 2.03. The third kappa shape index (κ3) is 12.9. The Kier molecular flexibility index (Phi) is 12.0. The largest absolute Gasteiger partial charge is 0.330 e. The lowest BCUT2D eigenvalue weighted by molar-refractivity contribution is 0.189. The lowest BCUT2D eigenvalue weighted by atomic mass is 10.4. The Hall–Kier alpha value is -0.160. The number of nitrogens with two attached hydrogens (primary N) is 2. The molecule has 4 heteroatoms. The molecule has 0 aliphatic carbocycles. The van der Waals surface area contributed by atoms with Gasteiger partial charge < -0.3 is 5.73 Å². The van der Waals surface area contributed by atoms with Gasteiger partial charge in [0.15, 0.2) is 0 Å². The molecule has 4 nitrogen and oxygen atoms in total. The lowest BCUT2D eigenvalue weighted by Gasteiger charge is -2.17. The second-order valence-electron chi connectivity index (χ2n) is 2.62. The maximum absolute atomic E-state index is 5.05. The summed E-state index contributed by atoms with van der Waals surface area (Å²) in [5.74, 6) is 5.05. The summed E-state index contributed by atoms with van der Waals surface area (Å²) in [4.78, 5) is 0. The van der Waals surface area contributed by atoms with Gasteiger partial charge in [0.2, 0.25) is 0 Å². The molecule has 5 N–H and O–H groups in total. The number of rotatable bonds is 3. The molecular weight excluding hydrogens is 140 g/mol. The van der Waals surface area contributed by atoms with E-state index in [1.54, 1.807) is 0 Å². The van der Waals surface area contributed by atoms with Crippen molar-refractivity contribution in [2.24, 2.45) is 11.6 Å². The SMILES string of the molecule is CC(C)N(C)NN.CCCN. The van der Waals surface area contributed by atoms with Gasteiger partial charge in [-0.15, -0.1) is 0 Å². The molecule has 0 aromatic carbocycles. The second kappa shape index (κ2) is 9.84. The van der Waals surface area contributed by atoms with Crippen molar-refractivity contribution in [3.05, 3.63) is 0 Å². The Morgan fingerprint density at radius 2 is 1.82 bits per heavy atom. The predicted molar refractivity (Wildman–Crippen MR) is 49.6 cm³/mol. The zero-order valence-electron chi connectivity index (χ0n) is 8.09. The van der Waals surface area contributed by atoms with Crippen molar-refractivity contribution >= 4 is 0 Å². The van der Waals surface area contributed by atoms with E-state index in [4.69, 9.17) is 11.6 Å². The summed E-state index contributed by atoms with van der Waals surface area (Å²) in [6.45, 7) is 6.99. The molecule has 0 rings (SSSR count). The van der Waals surface area contributed by atoms with Gasteiger partial charge in [0.25, 0.3) is 0 Å². The minimum atomic E-state index is 0.463. The van der Waals surface area contributed by atoms with Crippen molar-refractivity contribution < 1.29 is 0 Å². The third-order valence-electron chi connectivity index (χ3n) is 1.27. The molecule has 0 aromatic heterocycles. The molecule has 0 fully saturated rings. The van der Waals surface area contributed by atoms with Gasteiger partial charge >= 0.3 is 0 Å². The number of nitrogens with zero attached hydrogens (tertiary/aromatic N) is 1. The van der Waals surface area contributed by atoms with Gasteiger partial charge in [0.1, 0.15) is 0 Å². The van der Waals surface area contributed by atoms with E-state index in [2.05, 4.69) is 26.3 Å². The van der Waals surface area contributed by atoms with Crippen molar-refractivity contribution in [2.45, 2.75) is 33.2 Å². The Bertz CT molecular complexity index is 63.5. The van der Waals surface area contributed by atoms with Crippen LogP contribution in [0.25, 0.3) is 0 Å². The average molecular weight is 162 g/mol. The van der Waals surface area contributed by atoms with Crippen LogP contribution in [0.4, 0.5) is 0 Å². The quantitative estimate of drug-likeness (QED) is 0.405. The van der Waals surface area contributed by atoms with E-state index in [0.29, 0.717) is 6.04 Å². The molecule has 0 radical (unpaired) electrons. The first-order chi connectivity index (χ1) is 5.09. The van der Waals surface area contributed by atoms with Crippen LogP contribution in [-0.4, -0.2) is 24.6 Å². The number of hydrazine groups is 2. The van der Waals surface area contributed by atoms with Gasteiger partial charge in [-0.2, -0.15) is 5.53 Å². The minimum absolute atomic E-state index is 0.463. The summed E-state index contributed by atoms with van der Waals surface area (Å²) >= 11 is 0. The summed E-state index contributed by atoms with van der Waals surface area (Å²) in [5.41, 5.74) is 7.53. The molecule has 0 amide bonds. The van der Waals surface area contributed by atoms with Crippen LogP contribution in [0.2, 0.25) is 0 Å². The van der Waals surface area contributed by atoms with Crippen molar-refractivity contribution in [1.82, 2.24) is 10.5 Å². The Balaban J connectivity index is 0. The van der Waals surface area contributed by atoms with Crippen molar-refractivity contribution in [3.8, 4) is 0 Å². The van der Waals surface area contributed by atoms with Gasteiger partial charge in [-0.25, -0.2) is 5.01 Å². The fourth-order valence-corrected chi connectivity index (χ4v) is 0.149. The van der Waals surface area contributed by atoms with Gasteiger partial charge in [-0.05, 0) is 26.8 Å². The minimum Gasteiger partial charge on any atom is -0.330 e. The summed E-state index contributed by atoms with van der Waals surface area (Å²) < 4.78 is 0. The van der Waals surface area contributed by atoms with E-state index in [9.17, 15) is 0 Å². The summed E-state index contributed by atoms with van der Waals surface area (Å²) in [6, 6.07) is 0.463. The molecule has 0 spiro atoms. The second-order valence-corrected chi connectivity index (χ2v) is 2.62. The van der Waals surface area contributed by atoms with Gasteiger partial charge in [0.05, 0.1) is 0 Å². The van der Waals surface area contributed by atoms with E-state index in [1.165, 1.54) is 0 Å². The van der Waals surface area contributed by atoms with Crippen LogP contribution in [0.3, 0.4) is 0 Å². The molecule has 0 unspecified atom stereocenters. The maximum atomic E-state index is 5.05. The van der Waals surface area contributed by atoms with Crippen molar-refractivity contribution in [3.63, 3.8) is 0 Å². The van der Waals surface area contributed by atoms with E-state index in [0.717, 1.165) is 13.0 Å². The summed E-state index contributed by atoms with van der Waals surface area (Å²) in [5, 5.41) is 1.82. The normalized spacial score (nSPS) is 9.82. The van der Waals surface area contributed by atoms with Crippen molar-refractivity contribution in [2.75, 3.05) is 13.6 Å². The molecule has 70 valence electrons. The van der Waals surface area contributed by atoms with Crippen molar-refractivity contribution in [1.29, 1.82) is 0 Å². The topological polar surface area (TPSA) is 67.3 Å². The van der Waals surface area contributed by atoms with E-state index in [-0.39, 0.29) is 0 Å². The van der Waals surface area contributed by atoms with E-state index >= 15 is 0 Å². The smallest absolute Gasteiger partial charge is 0.0197 e. The van der Waals surface area contributed by atoms with Gasteiger partial charge in [-0.1, -0.05) is 6.92 Å². The lowest BCUT2D eigenvalue weighted by Crippen LogP contribution is -2.43. The Morgan fingerprint density at radius 3 is 1.82 bits per heavy atom. The molecule has 11 heavy (non-hydrogen) atoms. The van der Waals surface area contributed by atoms with Crippen LogP contribution in [0.5, 0.6) is 0 Å². The Morgan fingerprint density at radius 1 is 1.45 bits per heavy atom. The zero-order chi connectivity index (χ0) is 9.28. The third-order valence-corrected chi connectivity index (χ3v) is 1.27. The molecule has 0 saturated carbocycles. The number of nitrogens with one attached hydrogen (secondary N) is 1. The summed E-state index contributed by atoms with van der Waals surface area (Å²) in [7, 11) is 1.89. The molecule has 0 saturated heterocycles. The molecule has 0 heterocycles. The first kappa shape index (κ1) is 13.4. The maximum Gasteiger partial charge on any atom is 0.0197 e. The number of hydrogen-bond acceptors (Lipinski definition) is 4. The highest BCUT2D eigenvalue weighted by Crippen LogP contribution is 1.83. The molecule has 0 bridgehead atoms. The van der Waals surface area contributed by atoms with Crippen LogP contribution in [0.15, 0.2) is 0 Å². The van der Waals surface area contributed by atoms with E-state index < -0.39 is 0 Å². The highest BCUT2D eigenvalue weighted by molar-refractivity contribution is 4.45. The molecule has 0 atom stereocenters. The van der Waals surface area contributed by atoms with Crippen LogP contribution in [0, 0.1) is 0 Å². The zero-order valence-corrected chi connectivity index (χ0v) is 8.09. The summed E-state index contributed by atoms with van der Waals surface area (Å²) in [6.07, 6.45) is 1.10. The first-order valence-corrected chi connectivity index (χ1v) is 3.99. The van der Waals surface area contributed by atoms with Crippen LogP contribution >= 0.6 is 0 Å². The fourth-order valence-electron chi connectivity index (χ4n) is 0.149. The standard InChI is InChI=1S/C4H13N3.C3H9N/c1-4(2)7(3)6-5;1-2-3-4/h4,6H,5H2,1-3H3;2-4H2,1H3. The molecule has 0 aromatic rings. The molecule has 0 aliphatic rings. The highest BCUT2D eigenvalue weighted by Gasteiger charge is 1.95.